The molecule has 0 aromatic heterocycles. The first-order valence-corrected chi connectivity index (χ1v) is 6.82. The molecule has 1 N–H and O–H groups in total. The first-order chi connectivity index (χ1) is 9.51. The molecule has 6 heteroatoms. The molecule has 1 aliphatic heterocycles. The van der Waals surface area contributed by atoms with Crippen molar-refractivity contribution < 1.29 is 14.3 Å². The van der Waals surface area contributed by atoms with Crippen LogP contribution < -0.4 is 14.8 Å². The lowest BCUT2D eigenvalue weighted by molar-refractivity contribution is -0.117. The van der Waals surface area contributed by atoms with Gasteiger partial charge < -0.3 is 14.8 Å². The fourth-order valence-electron chi connectivity index (χ4n) is 1.73. The molecular formula is C14H13BrN2O3. The molecule has 2 rings (SSSR count). The summed E-state index contributed by atoms with van der Waals surface area (Å²) in [6.45, 7) is 3.84. The summed E-state index contributed by atoms with van der Waals surface area (Å²) < 4.78 is 11.3. The van der Waals surface area contributed by atoms with E-state index in [0.717, 1.165) is 4.47 Å². The van der Waals surface area contributed by atoms with Crippen molar-refractivity contribution >= 4 is 27.9 Å². The number of hydrogen-bond donors (Lipinski definition) is 1. The third-order valence-electron chi connectivity index (χ3n) is 2.55. The van der Waals surface area contributed by atoms with Crippen LogP contribution in [0, 0.1) is 11.3 Å². The van der Waals surface area contributed by atoms with Gasteiger partial charge in [-0.2, -0.15) is 5.26 Å². The van der Waals surface area contributed by atoms with Gasteiger partial charge in [-0.3, -0.25) is 4.79 Å². The van der Waals surface area contributed by atoms with E-state index in [9.17, 15) is 4.79 Å². The van der Waals surface area contributed by atoms with Crippen LogP contribution in [0.2, 0.25) is 0 Å². The maximum atomic E-state index is 11.8. The number of nitrogens with one attached hydrogen (secondary N) is 1. The summed E-state index contributed by atoms with van der Waals surface area (Å²) in [7, 11) is 0. The zero-order valence-corrected chi connectivity index (χ0v) is 12.7. The Morgan fingerprint density at radius 1 is 1.50 bits per heavy atom. The Balaban J connectivity index is 2.32. The largest absolute Gasteiger partial charge is 0.454 e. The van der Waals surface area contributed by atoms with Crippen molar-refractivity contribution in [1.29, 1.82) is 5.26 Å². The second kappa shape index (κ2) is 5.97. The summed E-state index contributed by atoms with van der Waals surface area (Å²) in [5.41, 5.74) is 0.737. The number of rotatable bonds is 3. The summed E-state index contributed by atoms with van der Waals surface area (Å²) in [6, 6.07) is 5.38. The van der Waals surface area contributed by atoms with Crippen LogP contribution in [0.25, 0.3) is 6.08 Å². The van der Waals surface area contributed by atoms with Crippen molar-refractivity contribution in [2.45, 2.75) is 19.9 Å². The molecule has 1 aromatic carbocycles. The third-order valence-corrected chi connectivity index (χ3v) is 3.13. The fourth-order valence-corrected chi connectivity index (χ4v) is 2.30. The molecule has 0 saturated carbocycles. The number of nitriles is 1. The van der Waals surface area contributed by atoms with Crippen molar-refractivity contribution in [3.8, 4) is 17.6 Å². The average molecular weight is 337 g/mol. The van der Waals surface area contributed by atoms with E-state index in [2.05, 4.69) is 21.2 Å². The molecule has 1 heterocycles. The molecule has 0 unspecified atom stereocenters. The quantitative estimate of drug-likeness (QED) is 0.680. The first kappa shape index (κ1) is 14.4. The Labute approximate surface area is 125 Å². The standard InChI is InChI=1S/C14H13BrN2O3/c1-8(2)17-14(18)10(6-16)3-9-4-11(15)13-12(5-9)19-7-20-13/h3-5,8H,7H2,1-2H3,(H,17,18)/b10-3+. The lowest BCUT2D eigenvalue weighted by atomic mass is 10.1. The predicted molar refractivity (Wildman–Crippen MR) is 77.1 cm³/mol. The number of amides is 1. The lowest BCUT2D eigenvalue weighted by Gasteiger charge is -2.07. The van der Waals surface area contributed by atoms with E-state index in [1.165, 1.54) is 6.08 Å². The van der Waals surface area contributed by atoms with Crippen molar-refractivity contribution in [1.82, 2.24) is 5.32 Å². The minimum atomic E-state index is -0.392. The van der Waals surface area contributed by atoms with Gasteiger partial charge in [0.1, 0.15) is 11.6 Å². The van der Waals surface area contributed by atoms with E-state index >= 15 is 0 Å². The maximum absolute atomic E-state index is 11.8. The molecule has 0 fully saturated rings. The van der Waals surface area contributed by atoms with E-state index in [4.69, 9.17) is 14.7 Å². The predicted octanol–water partition coefficient (Wildman–Crippen LogP) is 2.61. The highest BCUT2D eigenvalue weighted by Crippen LogP contribution is 2.40. The zero-order valence-electron chi connectivity index (χ0n) is 11.1. The van der Waals surface area contributed by atoms with E-state index in [0.29, 0.717) is 17.1 Å². The van der Waals surface area contributed by atoms with Crippen LogP contribution in [0.4, 0.5) is 0 Å². The summed E-state index contributed by atoms with van der Waals surface area (Å²) in [4.78, 5) is 11.8. The van der Waals surface area contributed by atoms with Crippen molar-refractivity contribution in [2.75, 3.05) is 6.79 Å². The number of carbonyl (C=O) groups excluding carboxylic acids is 1. The van der Waals surface area contributed by atoms with Crippen LogP contribution in [0.5, 0.6) is 11.5 Å². The van der Waals surface area contributed by atoms with Crippen LogP contribution in [0.3, 0.4) is 0 Å². The molecule has 0 spiro atoms. The highest BCUT2D eigenvalue weighted by atomic mass is 79.9. The normalized spacial score (nSPS) is 13.2. The molecule has 1 aliphatic rings. The SMILES string of the molecule is CC(C)NC(=O)/C(C#N)=C/c1cc(Br)c2c(c1)OCO2. The summed E-state index contributed by atoms with van der Waals surface area (Å²) in [5, 5.41) is 11.8. The van der Waals surface area contributed by atoms with E-state index < -0.39 is 5.91 Å². The molecule has 0 atom stereocenters. The highest BCUT2D eigenvalue weighted by molar-refractivity contribution is 9.10. The Hall–Kier alpha value is -2.00. The Morgan fingerprint density at radius 3 is 2.90 bits per heavy atom. The molecule has 1 aromatic rings. The molecular weight excluding hydrogens is 324 g/mol. The van der Waals surface area contributed by atoms with E-state index in [1.54, 1.807) is 12.1 Å². The lowest BCUT2D eigenvalue weighted by Crippen LogP contribution is -2.30. The van der Waals surface area contributed by atoms with Crippen molar-refractivity contribution in [3.05, 3.63) is 27.7 Å². The molecule has 1 amide bonds. The molecule has 5 nitrogen and oxygen atoms in total. The van der Waals surface area contributed by atoms with Gasteiger partial charge in [0, 0.05) is 6.04 Å². The minimum absolute atomic E-state index is 0.0252. The van der Waals surface area contributed by atoms with Crippen molar-refractivity contribution in [2.24, 2.45) is 0 Å². The first-order valence-electron chi connectivity index (χ1n) is 6.03. The van der Waals surface area contributed by atoms with Crippen LogP contribution in [0.1, 0.15) is 19.4 Å². The number of halogens is 1. The molecule has 0 aliphatic carbocycles. The van der Waals surface area contributed by atoms with Crippen molar-refractivity contribution in [3.63, 3.8) is 0 Å². The number of fused-ring (bicyclic) bond motifs is 1. The van der Waals surface area contributed by atoms with Gasteiger partial charge in [0.25, 0.3) is 5.91 Å². The topological polar surface area (TPSA) is 71.4 Å². The Morgan fingerprint density at radius 2 is 2.25 bits per heavy atom. The maximum Gasteiger partial charge on any atom is 0.262 e. The van der Waals surface area contributed by atoms with Gasteiger partial charge in [0.15, 0.2) is 11.5 Å². The smallest absolute Gasteiger partial charge is 0.262 e. The number of benzene rings is 1. The second-order valence-electron chi connectivity index (χ2n) is 4.53. The fraction of sp³-hybridized carbons (Fsp3) is 0.286. The van der Waals surface area contributed by atoms with Crippen LogP contribution in [0.15, 0.2) is 22.2 Å². The molecule has 104 valence electrons. The Kier molecular flexibility index (Phi) is 4.30. The van der Waals surface area contributed by atoms with E-state index in [1.807, 2.05) is 19.9 Å². The minimum Gasteiger partial charge on any atom is -0.454 e. The molecule has 0 radical (unpaired) electrons. The monoisotopic (exact) mass is 336 g/mol. The molecule has 20 heavy (non-hydrogen) atoms. The second-order valence-corrected chi connectivity index (χ2v) is 5.39. The Bertz CT molecular complexity index is 618. The number of nitrogens with zero attached hydrogens (tertiary/aromatic N) is 1. The highest BCUT2D eigenvalue weighted by Gasteiger charge is 2.18. The van der Waals surface area contributed by atoms with Gasteiger partial charge in [-0.25, -0.2) is 0 Å². The van der Waals surface area contributed by atoms with Gasteiger partial charge in [-0.15, -0.1) is 0 Å². The summed E-state index contributed by atoms with van der Waals surface area (Å²) in [6.07, 6.45) is 1.52. The average Bonchev–Trinajstić information content (AvgIpc) is 2.83. The number of carbonyl (C=O) groups is 1. The van der Waals surface area contributed by atoms with Gasteiger partial charge in [-0.05, 0) is 53.5 Å². The van der Waals surface area contributed by atoms with Crippen LogP contribution in [-0.4, -0.2) is 18.7 Å². The van der Waals surface area contributed by atoms with E-state index in [-0.39, 0.29) is 18.4 Å². The number of ether oxygens (including phenoxy) is 2. The van der Waals surface area contributed by atoms with Gasteiger partial charge in [0.2, 0.25) is 6.79 Å². The van der Waals surface area contributed by atoms with Gasteiger partial charge in [0.05, 0.1) is 4.47 Å². The molecule has 0 saturated heterocycles. The van der Waals surface area contributed by atoms with Crippen LogP contribution in [-0.2, 0) is 4.79 Å². The molecule has 0 bridgehead atoms. The van der Waals surface area contributed by atoms with Gasteiger partial charge >= 0.3 is 0 Å². The summed E-state index contributed by atoms with van der Waals surface area (Å²) >= 11 is 3.37. The summed E-state index contributed by atoms with van der Waals surface area (Å²) in [5.74, 6) is 0.829. The zero-order chi connectivity index (χ0) is 14.7. The van der Waals surface area contributed by atoms with Gasteiger partial charge in [-0.1, -0.05) is 0 Å². The number of hydrogen-bond acceptors (Lipinski definition) is 4. The third kappa shape index (κ3) is 3.11. The van der Waals surface area contributed by atoms with Crippen LogP contribution >= 0.6 is 15.9 Å².